The molecule has 16 heavy (non-hydrogen) atoms. The third kappa shape index (κ3) is 3.27. The first-order valence-electron chi connectivity index (χ1n) is 5.87. The van der Waals surface area contributed by atoms with Crippen molar-refractivity contribution in [1.29, 1.82) is 0 Å². The Hall–Kier alpha value is -0.960. The lowest BCUT2D eigenvalue weighted by Crippen LogP contribution is -2.03. The molecular weight excluding hydrogens is 218 g/mol. The van der Waals surface area contributed by atoms with Crippen LogP contribution in [0.15, 0.2) is 17.0 Å². The topological polar surface area (TPSA) is 30.0 Å². The Morgan fingerprint density at radius 3 is 2.81 bits per heavy atom. The third-order valence-electron chi connectivity index (χ3n) is 2.88. The summed E-state index contributed by atoms with van der Waals surface area (Å²) >= 11 is 1.61. The predicted molar refractivity (Wildman–Crippen MR) is 66.7 cm³/mol. The van der Waals surface area contributed by atoms with Crippen molar-refractivity contribution in [1.82, 2.24) is 4.98 Å². The molecule has 86 valence electrons. The lowest BCUT2D eigenvalue weighted by molar-refractivity contribution is -0.114. The second-order valence-corrected chi connectivity index (χ2v) is 5.43. The number of ketones is 1. The van der Waals surface area contributed by atoms with Crippen molar-refractivity contribution >= 4 is 17.1 Å². The van der Waals surface area contributed by atoms with E-state index in [4.69, 9.17) is 0 Å². The maximum Gasteiger partial charge on any atom is 0.161 e. The Morgan fingerprint density at radius 1 is 1.44 bits per heavy atom. The van der Waals surface area contributed by atoms with Gasteiger partial charge in [-0.25, -0.2) is 4.98 Å². The van der Waals surface area contributed by atoms with Crippen molar-refractivity contribution < 1.29 is 4.79 Å². The minimum atomic E-state index is 0.210. The SMILES string of the molecule is Cc1nc(CC(=O)C=C2CCCCC2)cs1. The third-order valence-corrected chi connectivity index (χ3v) is 3.71. The van der Waals surface area contributed by atoms with E-state index in [0.29, 0.717) is 6.42 Å². The van der Waals surface area contributed by atoms with Crippen molar-refractivity contribution in [2.75, 3.05) is 0 Å². The summed E-state index contributed by atoms with van der Waals surface area (Å²) in [6, 6.07) is 0. The number of hydrogen-bond acceptors (Lipinski definition) is 3. The Morgan fingerprint density at radius 2 is 2.19 bits per heavy atom. The maximum atomic E-state index is 11.8. The lowest BCUT2D eigenvalue weighted by atomic mass is 9.93. The van der Waals surface area contributed by atoms with Crippen LogP contribution in [-0.4, -0.2) is 10.8 Å². The van der Waals surface area contributed by atoms with Crippen LogP contribution in [0.1, 0.15) is 42.8 Å². The Balaban J connectivity index is 1.92. The molecular formula is C13H17NOS. The number of hydrogen-bond donors (Lipinski definition) is 0. The zero-order valence-corrected chi connectivity index (χ0v) is 10.5. The molecule has 1 aromatic heterocycles. The molecule has 1 aliphatic rings. The van der Waals surface area contributed by atoms with Crippen LogP contribution in [0.5, 0.6) is 0 Å². The summed E-state index contributed by atoms with van der Waals surface area (Å²) in [7, 11) is 0. The van der Waals surface area contributed by atoms with Gasteiger partial charge in [-0.1, -0.05) is 12.0 Å². The summed E-state index contributed by atoms with van der Waals surface area (Å²) in [5, 5.41) is 3.01. The molecule has 0 radical (unpaired) electrons. The predicted octanol–water partition coefficient (Wildman–Crippen LogP) is 3.45. The van der Waals surface area contributed by atoms with Gasteiger partial charge >= 0.3 is 0 Å². The molecule has 0 unspecified atom stereocenters. The van der Waals surface area contributed by atoms with Gasteiger partial charge in [0, 0.05) is 5.38 Å². The average Bonchev–Trinajstić information content (AvgIpc) is 2.65. The zero-order valence-electron chi connectivity index (χ0n) is 9.66. The molecule has 0 saturated heterocycles. The molecule has 0 aliphatic heterocycles. The molecule has 3 heteroatoms. The minimum absolute atomic E-state index is 0.210. The molecule has 0 spiro atoms. The molecule has 0 amide bonds. The van der Waals surface area contributed by atoms with E-state index < -0.39 is 0 Å². The van der Waals surface area contributed by atoms with Crippen molar-refractivity contribution in [2.45, 2.75) is 45.4 Å². The summed E-state index contributed by atoms with van der Waals surface area (Å²) in [6.07, 6.45) is 8.35. The number of aromatic nitrogens is 1. The molecule has 1 aromatic rings. The van der Waals surface area contributed by atoms with Crippen LogP contribution in [0.4, 0.5) is 0 Å². The van der Waals surface area contributed by atoms with Crippen LogP contribution >= 0.6 is 11.3 Å². The van der Waals surface area contributed by atoms with Gasteiger partial charge in [0.05, 0.1) is 17.1 Å². The van der Waals surface area contributed by atoms with Gasteiger partial charge in [-0.15, -0.1) is 11.3 Å². The van der Waals surface area contributed by atoms with Crippen LogP contribution in [-0.2, 0) is 11.2 Å². The fourth-order valence-corrected chi connectivity index (χ4v) is 2.71. The lowest BCUT2D eigenvalue weighted by Gasteiger charge is -2.12. The second-order valence-electron chi connectivity index (χ2n) is 4.36. The van der Waals surface area contributed by atoms with Crippen molar-refractivity contribution in [3.05, 3.63) is 27.7 Å². The van der Waals surface area contributed by atoms with E-state index in [-0.39, 0.29) is 5.78 Å². The molecule has 2 rings (SSSR count). The Kier molecular flexibility index (Phi) is 3.88. The molecule has 1 fully saturated rings. The van der Waals surface area contributed by atoms with E-state index in [2.05, 4.69) is 4.98 Å². The van der Waals surface area contributed by atoms with E-state index in [1.165, 1.54) is 24.8 Å². The zero-order chi connectivity index (χ0) is 11.4. The van der Waals surface area contributed by atoms with Gasteiger partial charge in [-0.3, -0.25) is 4.79 Å². The molecule has 1 heterocycles. The van der Waals surface area contributed by atoms with E-state index in [1.807, 2.05) is 18.4 Å². The highest BCUT2D eigenvalue weighted by atomic mass is 32.1. The van der Waals surface area contributed by atoms with Gasteiger partial charge < -0.3 is 0 Å². The normalized spacial score (nSPS) is 16.2. The number of allylic oxidation sites excluding steroid dienone is 2. The number of carbonyl (C=O) groups is 1. The smallest absolute Gasteiger partial charge is 0.161 e. The number of nitrogens with zero attached hydrogens (tertiary/aromatic N) is 1. The van der Waals surface area contributed by atoms with Crippen LogP contribution < -0.4 is 0 Å². The van der Waals surface area contributed by atoms with Crippen LogP contribution in [0.25, 0.3) is 0 Å². The van der Waals surface area contributed by atoms with E-state index >= 15 is 0 Å². The van der Waals surface area contributed by atoms with E-state index in [0.717, 1.165) is 23.5 Å². The summed E-state index contributed by atoms with van der Waals surface area (Å²) in [5.41, 5.74) is 2.25. The van der Waals surface area contributed by atoms with E-state index in [9.17, 15) is 4.79 Å². The van der Waals surface area contributed by atoms with Gasteiger partial charge in [0.25, 0.3) is 0 Å². The largest absolute Gasteiger partial charge is 0.294 e. The number of aryl methyl sites for hydroxylation is 1. The Labute approximate surface area is 100 Å². The van der Waals surface area contributed by atoms with Crippen LogP contribution in [0.3, 0.4) is 0 Å². The molecule has 2 nitrogen and oxygen atoms in total. The minimum Gasteiger partial charge on any atom is -0.294 e. The number of rotatable bonds is 3. The van der Waals surface area contributed by atoms with Crippen LogP contribution in [0.2, 0.25) is 0 Å². The average molecular weight is 235 g/mol. The van der Waals surface area contributed by atoms with Gasteiger partial charge in [-0.05, 0) is 38.7 Å². The molecule has 0 bridgehead atoms. The van der Waals surface area contributed by atoms with Crippen molar-refractivity contribution in [2.24, 2.45) is 0 Å². The Bertz CT molecular complexity index is 398. The highest BCUT2D eigenvalue weighted by Gasteiger charge is 2.09. The fraction of sp³-hybridized carbons (Fsp3) is 0.538. The van der Waals surface area contributed by atoms with Gasteiger partial charge in [-0.2, -0.15) is 0 Å². The standard InChI is InChI=1S/C13H17NOS/c1-10-14-12(9-16-10)8-13(15)7-11-5-3-2-4-6-11/h7,9H,2-6,8H2,1H3. The molecule has 1 aliphatic carbocycles. The molecule has 0 aromatic carbocycles. The quantitative estimate of drug-likeness (QED) is 0.751. The first-order valence-corrected chi connectivity index (χ1v) is 6.75. The molecule has 1 saturated carbocycles. The number of carbonyl (C=O) groups excluding carboxylic acids is 1. The van der Waals surface area contributed by atoms with E-state index in [1.54, 1.807) is 11.3 Å². The monoisotopic (exact) mass is 235 g/mol. The molecule has 0 atom stereocenters. The second kappa shape index (κ2) is 5.39. The highest BCUT2D eigenvalue weighted by Crippen LogP contribution is 2.22. The van der Waals surface area contributed by atoms with Crippen molar-refractivity contribution in [3.63, 3.8) is 0 Å². The maximum absolute atomic E-state index is 11.8. The van der Waals surface area contributed by atoms with Gasteiger partial charge in [0.1, 0.15) is 0 Å². The van der Waals surface area contributed by atoms with Crippen molar-refractivity contribution in [3.8, 4) is 0 Å². The van der Waals surface area contributed by atoms with Crippen LogP contribution in [0, 0.1) is 6.92 Å². The summed E-state index contributed by atoms with van der Waals surface area (Å²) < 4.78 is 0. The number of thiazole rings is 1. The summed E-state index contributed by atoms with van der Waals surface area (Å²) in [6.45, 7) is 1.97. The summed E-state index contributed by atoms with van der Waals surface area (Å²) in [5.74, 6) is 0.210. The van der Waals surface area contributed by atoms with Gasteiger partial charge in [0.2, 0.25) is 0 Å². The fourth-order valence-electron chi connectivity index (χ4n) is 2.10. The summed E-state index contributed by atoms with van der Waals surface area (Å²) in [4.78, 5) is 16.1. The van der Waals surface area contributed by atoms with Gasteiger partial charge in [0.15, 0.2) is 5.78 Å². The first-order chi connectivity index (χ1) is 7.74. The highest BCUT2D eigenvalue weighted by molar-refractivity contribution is 7.09. The molecule has 0 N–H and O–H groups in total. The first kappa shape index (κ1) is 11.5.